The molecule has 1 aromatic carbocycles. The number of hydrogen-bond acceptors (Lipinski definition) is 7. The molecule has 0 atom stereocenters. The van der Waals surface area contributed by atoms with Crippen molar-refractivity contribution in [1.29, 1.82) is 0 Å². The molecule has 0 saturated heterocycles. The topological polar surface area (TPSA) is 110 Å². The molecule has 0 spiro atoms. The molecule has 3 aromatic heterocycles. The van der Waals surface area contributed by atoms with E-state index in [2.05, 4.69) is 30.0 Å². The maximum absolute atomic E-state index is 12.7. The summed E-state index contributed by atoms with van der Waals surface area (Å²) in [5.41, 5.74) is 4.70. The van der Waals surface area contributed by atoms with Gasteiger partial charge in [0.1, 0.15) is 11.6 Å². The van der Waals surface area contributed by atoms with Gasteiger partial charge >= 0.3 is 0 Å². The lowest BCUT2D eigenvalue weighted by atomic mass is 10.2. The van der Waals surface area contributed by atoms with Gasteiger partial charge in [0, 0.05) is 34.2 Å². The van der Waals surface area contributed by atoms with Gasteiger partial charge < -0.3 is 5.32 Å². The van der Waals surface area contributed by atoms with Crippen LogP contribution in [-0.2, 0) is 10.0 Å². The summed E-state index contributed by atoms with van der Waals surface area (Å²) in [6, 6.07) is 14.0. The van der Waals surface area contributed by atoms with Crippen LogP contribution >= 0.6 is 0 Å². The van der Waals surface area contributed by atoms with Crippen LogP contribution in [0.25, 0.3) is 11.0 Å². The molecule has 0 amide bonds. The number of nitrogens with zero attached hydrogens (tertiary/aromatic N) is 4. The molecule has 2 N–H and O–H groups in total. The zero-order valence-electron chi connectivity index (χ0n) is 17.6. The number of aromatic nitrogens is 4. The summed E-state index contributed by atoms with van der Waals surface area (Å²) in [5.74, 6) is 0.746. The lowest BCUT2D eigenvalue weighted by molar-refractivity contribution is 0.601. The number of benzene rings is 1. The van der Waals surface area contributed by atoms with E-state index in [1.54, 1.807) is 44.2 Å². The second-order valence-corrected chi connectivity index (χ2v) is 9.01. The first-order chi connectivity index (χ1) is 14.7. The van der Waals surface area contributed by atoms with Crippen LogP contribution in [-0.4, -0.2) is 28.4 Å². The molecule has 8 nitrogen and oxygen atoms in total. The SMILES string of the molecule is Cc1cc(NS(=O)(=O)c2ccc(Nc3cc(C)nc4nc(C)ccc34)cc2)nc(C)n1. The van der Waals surface area contributed by atoms with Crippen molar-refractivity contribution in [1.82, 2.24) is 19.9 Å². The molecule has 0 aliphatic carbocycles. The van der Waals surface area contributed by atoms with Crippen molar-refractivity contribution in [2.75, 3.05) is 10.0 Å². The van der Waals surface area contributed by atoms with E-state index in [1.165, 1.54) is 0 Å². The monoisotopic (exact) mass is 434 g/mol. The zero-order chi connectivity index (χ0) is 22.2. The summed E-state index contributed by atoms with van der Waals surface area (Å²) in [6.45, 7) is 7.33. The average molecular weight is 435 g/mol. The van der Waals surface area contributed by atoms with E-state index < -0.39 is 10.0 Å². The maximum Gasteiger partial charge on any atom is 0.263 e. The van der Waals surface area contributed by atoms with Gasteiger partial charge in [-0.1, -0.05) is 0 Å². The minimum absolute atomic E-state index is 0.139. The Kier molecular flexibility index (Phi) is 5.28. The maximum atomic E-state index is 12.7. The molecule has 0 saturated carbocycles. The first-order valence-electron chi connectivity index (χ1n) is 9.67. The van der Waals surface area contributed by atoms with Crippen LogP contribution in [0.5, 0.6) is 0 Å². The molecule has 3 heterocycles. The third kappa shape index (κ3) is 4.61. The van der Waals surface area contributed by atoms with Crippen molar-refractivity contribution in [3.05, 3.63) is 71.4 Å². The summed E-state index contributed by atoms with van der Waals surface area (Å²) >= 11 is 0. The molecule has 4 rings (SSSR count). The lowest BCUT2D eigenvalue weighted by Crippen LogP contribution is -2.14. The minimum Gasteiger partial charge on any atom is -0.355 e. The second kappa shape index (κ2) is 7.92. The minimum atomic E-state index is -3.77. The summed E-state index contributed by atoms with van der Waals surface area (Å²) in [6.07, 6.45) is 0. The fourth-order valence-corrected chi connectivity index (χ4v) is 4.26. The van der Waals surface area contributed by atoms with E-state index in [4.69, 9.17) is 0 Å². The van der Waals surface area contributed by atoms with Crippen LogP contribution in [0.1, 0.15) is 22.9 Å². The number of pyridine rings is 2. The summed E-state index contributed by atoms with van der Waals surface area (Å²) in [5, 5.41) is 4.23. The Balaban J connectivity index is 1.59. The summed E-state index contributed by atoms with van der Waals surface area (Å²) in [4.78, 5) is 17.4. The predicted molar refractivity (Wildman–Crippen MR) is 121 cm³/mol. The molecular weight excluding hydrogens is 412 g/mol. The van der Waals surface area contributed by atoms with E-state index in [0.29, 0.717) is 17.2 Å². The third-order valence-corrected chi connectivity index (χ3v) is 5.96. The molecule has 0 aliphatic heterocycles. The Bertz CT molecular complexity index is 1360. The first-order valence-corrected chi connectivity index (χ1v) is 11.2. The normalized spacial score (nSPS) is 11.5. The quantitative estimate of drug-likeness (QED) is 0.484. The number of nitrogens with one attached hydrogen (secondary N) is 2. The Hall–Kier alpha value is -3.59. The smallest absolute Gasteiger partial charge is 0.263 e. The number of sulfonamides is 1. The van der Waals surface area contributed by atoms with Gasteiger partial charge in [-0.3, -0.25) is 4.72 Å². The zero-order valence-corrected chi connectivity index (χ0v) is 18.4. The Morgan fingerprint density at radius 3 is 2.13 bits per heavy atom. The van der Waals surface area contributed by atoms with Gasteiger partial charge in [-0.05, 0) is 70.2 Å². The van der Waals surface area contributed by atoms with E-state index in [1.807, 2.05) is 32.0 Å². The van der Waals surface area contributed by atoms with Gasteiger partial charge in [0.2, 0.25) is 0 Å². The van der Waals surface area contributed by atoms with Crippen LogP contribution in [0, 0.1) is 27.7 Å². The lowest BCUT2D eigenvalue weighted by Gasteiger charge is -2.12. The van der Waals surface area contributed by atoms with Crippen molar-refractivity contribution in [3.63, 3.8) is 0 Å². The largest absolute Gasteiger partial charge is 0.355 e. The predicted octanol–water partition coefficient (Wildman–Crippen LogP) is 4.20. The molecule has 158 valence electrons. The summed E-state index contributed by atoms with van der Waals surface area (Å²) < 4.78 is 28.0. The Morgan fingerprint density at radius 2 is 1.42 bits per heavy atom. The average Bonchev–Trinajstić information content (AvgIpc) is 2.66. The highest BCUT2D eigenvalue weighted by Gasteiger charge is 2.16. The van der Waals surface area contributed by atoms with Gasteiger partial charge in [0.15, 0.2) is 5.65 Å². The van der Waals surface area contributed by atoms with Crippen LogP contribution < -0.4 is 10.0 Å². The van der Waals surface area contributed by atoms with E-state index in [9.17, 15) is 8.42 Å². The van der Waals surface area contributed by atoms with E-state index in [-0.39, 0.29) is 10.7 Å². The number of fused-ring (bicyclic) bond motifs is 1. The number of aryl methyl sites for hydroxylation is 4. The van der Waals surface area contributed by atoms with E-state index >= 15 is 0 Å². The fraction of sp³-hybridized carbons (Fsp3) is 0.182. The molecule has 0 fully saturated rings. The molecule has 0 unspecified atom stereocenters. The number of rotatable bonds is 5. The van der Waals surface area contributed by atoms with Crippen molar-refractivity contribution < 1.29 is 8.42 Å². The molecule has 0 aliphatic rings. The standard InChI is InChI=1S/C22H22N6O2S/c1-13-5-10-19-20(11-14(2)25-22(19)24-13)27-17-6-8-18(9-7-17)31(29,30)28-21-12-15(3)23-16(4)26-21/h5-12H,1-4H3,(H,23,26,28)(H,24,25,27). The Morgan fingerprint density at radius 1 is 0.742 bits per heavy atom. The van der Waals surface area contributed by atoms with Crippen molar-refractivity contribution in [2.45, 2.75) is 32.6 Å². The van der Waals surface area contributed by atoms with Crippen LogP contribution in [0.15, 0.2) is 53.4 Å². The van der Waals surface area contributed by atoms with Gasteiger partial charge in [-0.15, -0.1) is 0 Å². The first kappa shape index (κ1) is 20.7. The number of hydrogen-bond donors (Lipinski definition) is 2. The highest BCUT2D eigenvalue weighted by molar-refractivity contribution is 7.92. The van der Waals surface area contributed by atoms with Gasteiger partial charge in [-0.25, -0.2) is 28.4 Å². The van der Waals surface area contributed by atoms with Crippen LogP contribution in [0.2, 0.25) is 0 Å². The molecule has 31 heavy (non-hydrogen) atoms. The highest BCUT2D eigenvalue weighted by Crippen LogP contribution is 2.27. The summed E-state index contributed by atoms with van der Waals surface area (Å²) in [7, 11) is -3.77. The fourth-order valence-electron chi connectivity index (χ4n) is 3.27. The molecular formula is C22H22N6O2S. The van der Waals surface area contributed by atoms with Crippen molar-refractivity contribution >= 4 is 38.2 Å². The molecule has 0 bridgehead atoms. The molecule has 0 radical (unpaired) electrons. The van der Waals surface area contributed by atoms with E-state index in [0.717, 1.165) is 28.1 Å². The van der Waals surface area contributed by atoms with Gasteiger partial charge in [-0.2, -0.15) is 0 Å². The number of anilines is 3. The Labute approximate surface area is 180 Å². The highest BCUT2D eigenvalue weighted by atomic mass is 32.2. The third-order valence-electron chi connectivity index (χ3n) is 4.59. The van der Waals surface area contributed by atoms with Gasteiger partial charge in [0.05, 0.1) is 10.6 Å². The van der Waals surface area contributed by atoms with Gasteiger partial charge in [0.25, 0.3) is 10.0 Å². The van der Waals surface area contributed by atoms with Crippen molar-refractivity contribution in [3.8, 4) is 0 Å². The molecule has 9 heteroatoms. The van der Waals surface area contributed by atoms with Crippen LogP contribution in [0.3, 0.4) is 0 Å². The van der Waals surface area contributed by atoms with Crippen molar-refractivity contribution in [2.24, 2.45) is 0 Å². The molecule has 4 aromatic rings. The van der Waals surface area contributed by atoms with Crippen LogP contribution in [0.4, 0.5) is 17.2 Å². The second-order valence-electron chi connectivity index (χ2n) is 7.33.